The van der Waals surface area contributed by atoms with Gasteiger partial charge in [-0.2, -0.15) is 0 Å². The Morgan fingerprint density at radius 3 is 2.76 bits per heavy atom. The summed E-state index contributed by atoms with van der Waals surface area (Å²) in [5.74, 6) is 0.417. The van der Waals surface area contributed by atoms with Crippen molar-refractivity contribution >= 4 is 34.3 Å². The highest BCUT2D eigenvalue weighted by Gasteiger charge is 2.04. The van der Waals surface area contributed by atoms with Gasteiger partial charge in [-0.3, -0.25) is 15.6 Å². The van der Waals surface area contributed by atoms with E-state index in [-0.39, 0.29) is 5.91 Å². The number of anilines is 1. The van der Waals surface area contributed by atoms with Crippen LogP contribution in [0.4, 0.5) is 5.82 Å². The van der Waals surface area contributed by atoms with Gasteiger partial charge in [0.15, 0.2) is 0 Å². The van der Waals surface area contributed by atoms with Gasteiger partial charge in [0.1, 0.15) is 5.82 Å². The van der Waals surface area contributed by atoms with E-state index in [1.807, 2.05) is 30.3 Å². The fourth-order valence-electron chi connectivity index (χ4n) is 1.26. The van der Waals surface area contributed by atoms with Crippen LogP contribution in [0.3, 0.4) is 0 Å². The summed E-state index contributed by atoms with van der Waals surface area (Å²) < 4.78 is 1.02. The van der Waals surface area contributed by atoms with Crippen LogP contribution in [0.1, 0.15) is 10.4 Å². The summed E-state index contributed by atoms with van der Waals surface area (Å²) in [7, 11) is 0. The first-order valence-corrected chi connectivity index (χ1v) is 6.06. The number of benzene rings is 1. The zero-order valence-corrected chi connectivity index (χ0v) is 11.0. The maximum absolute atomic E-state index is 11.8. The molecular formula is C12H10IN3O. The van der Waals surface area contributed by atoms with Crippen LogP contribution in [0.2, 0.25) is 0 Å². The number of hydrogen-bond donors (Lipinski definition) is 2. The predicted molar refractivity (Wildman–Crippen MR) is 74.5 cm³/mol. The van der Waals surface area contributed by atoms with Crippen LogP contribution >= 0.6 is 22.6 Å². The van der Waals surface area contributed by atoms with Crippen molar-refractivity contribution < 1.29 is 4.79 Å². The zero-order valence-electron chi connectivity index (χ0n) is 8.85. The van der Waals surface area contributed by atoms with Gasteiger partial charge < -0.3 is 0 Å². The van der Waals surface area contributed by atoms with Gasteiger partial charge >= 0.3 is 0 Å². The lowest BCUT2D eigenvalue weighted by atomic mass is 10.2. The monoisotopic (exact) mass is 339 g/mol. The van der Waals surface area contributed by atoms with Gasteiger partial charge in [0.2, 0.25) is 0 Å². The Morgan fingerprint density at radius 2 is 2.06 bits per heavy atom. The molecule has 1 heterocycles. The van der Waals surface area contributed by atoms with E-state index in [1.165, 1.54) is 0 Å². The van der Waals surface area contributed by atoms with E-state index in [0.717, 1.165) is 3.57 Å². The molecule has 2 aromatic rings. The molecule has 0 saturated carbocycles. The number of aromatic nitrogens is 1. The van der Waals surface area contributed by atoms with Crippen molar-refractivity contribution in [2.75, 3.05) is 5.43 Å². The molecule has 2 N–H and O–H groups in total. The van der Waals surface area contributed by atoms with Crippen molar-refractivity contribution in [1.29, 1.82) is 0 Å². The molecule has 86 valence electrons. The molecule has 0 saturated heterocycles. The van der Waals surface area contributed by atoms with Crippen molar-refractivity contribution in [3.8, 4) is 0 Å². The lowest BCUT2D eigenvalue weighted by molar-refractivity contribution is 0.0962. The van der Waals surface area contributed by atoms with Crippen molar-refractivity contribution in [1.82, 2.24) is 10.4 Å². The highest BCUT2D eigenvalue weighted by molar-refractivity contribution is 14.1. The number of pyridine rings is 1. The first-order chi connectivity index (χ1) is 8.25. The molecule has 0 aliphatic rings. The quantitative estimate of drug-likeness (QED) is 0.667. The van der Waals surface area contributed by atoms with Gasteiger partial charge in [-0.1, -0.05) is 12.1 Å². The number of rotatable bonds is 3. The molecule has 0 atom stereocenters. The third kappa shape index (κ3) is 3.42. The molecular weight excluding hydrogens is 329 g/mol. The second-order valence-corrected chi connectivity index (χ2v) is 4.55. The minimum absolute atomic E-state index is 0.186. The molecule has 0 fully saturated rings. The molecule has 0 spiro atoms. The van der Waals surface area contributed by atoms with Crippen molar-refractivity contribution in [2.24, 2.45) is 0 Å². The highest BCUT2D eigenvalue weighted by Crippen LogP contribution is 2.07. The molecule has 1 aromatic carbocycles. The Morgan fingerprint density at radius 1 is 1.18 bits per heavy atom. The number of carbonyl (C=O) groups is 1. The number of amides is 1. The van der Waals surface area contributed by atoms with E-state index in [4.69, 9.17) is 0 Å². The minimum atomic E-state index is -0.186. The summed E-state index contributed by atoms with van der Waals surface area (Å²) in [4.78, 5) is 15.8. The second kappa shape index (κ2) is 5.62. The highest BCUT2D eigenvalue weighted by atomic mass is 127. The van der Waals surface area contributed by atoms with E-state index in [1.54, 1.807) is 18.3 Å². The smallest absolute Gasteiger partial charge is 0.269 e. The van der Waals surface area contributed by atoms with Crippen LogP contribution in [0.5, 0.6) is 0 Å². The SMILES string of the molecule is O=C(NNc1ccccn1)c1cccc(I)c1. The van der Waals surface area contributed by atoms with E-state index < -0.39 is 0 Å². The largest absolute Gasteiger partial charge is 0.282 e. The number of halogens is 1. The number of hydrogen-bond acceptors (Lipinski definition) is 3. The van der Waals surface area contributed by atoms with Crippen LogP contribution < -0.4 is 10.9 Å². The fraction of sp³-hybridized carbons (Fsp3) is 0. The summed E-state index contributed by atoms with van der Waals surface area (Å²) in [6.45, 7) is 0. The Balaban J connectivity index is 1.98. The molecule has 0 bridgehead atoms. The molecule has 0 aliphatic carbocycles. The molecule has 0 unspecified atom stereocenters. The third-order valence-electron chi connectivity index (χ3n) is 2.06. The first-order valence-electron chi connectivity index (χ1n) is 4.98. The number of carbonyl (C=O) groups excluding carboxylic acids is 1. The zero-order chi connectivity index (χ0) is 12.1. The standard InChI is InChI=1S/C12H10IN3O/c13-10-5-3-4-9(8-10)12(17)16-15-11-6-1-2-7-14-11/h1-8H,(H,14,15)(H,16,17). The Kier molecular flexibility index (Phi) is 3.92. The van der Waals surface area contributed by atoms with E-state index >= 15 is 0 Å². The maximum atomic E-state index is 11.8. The summed E-state index contributed by atoms with van der Waals surface area (Å²) in [6.07, 6.45) is 1.65. The lowest BCUT2D eigenvalue weighted by Gasteiger charge is -2.07. The number of hydrazine groups is 1. The predicted octanol–water partition coefficient (Wildman–Crippen LogP) is 2.44. The molecule has 0 radical (unpaired) electrons. The Bertz CT molecular complexity index is 516. The lowest BCUT2D eigenvalue weighted by Crippen LogP contribution is -2.29. The molecule has 4 nitrogen and oxygen atoms in total. The Labute approximate surface area is 113 Å². The molecule has 1 amide bonds. The summed E-state index contributed by atoms with van der Waals surface area (Å²) >= 11 is 2.17. The summed E-state index contributed by atoms with van der Waals surface area (Å²) in [6, 6.07) is 12.8. The van der Waals surface area contributed by atoms with Crippen molar-refractivity contribution in [2.45, 2.75) is 0 Å². The summed E-state index contributed by atoms with van der Waals surface area (Å²) in [5.41, 5.74) is 5.95. The van der Waals surface area contributed by atoms with Crippen LogP contribution in [0.25, 0.3) is 0 Å². The third-order valence-corrected chi connectivity index (χ3v) is 2.73. The molecule has 2 rings (SSSR count). The minimum Gasteiger partial charge on any atom is -0.282 e. The van der Waals surface area contributed by atoms with Gasteiger partial charge in [0.05, 0.1) is 0 Å². The van der Waals surface area contributed by atoms with E-state index in [9.17, 15) is 4.79 Å². The van der Waals surface area contributed by atoms with E-state index in [0.29, 0.717) is 11.4 Å². The van der Waals surface area contributed by atoms with Crippen LogP contribution in [-0.2, 0) is 0 Å². The van der Waals surface area contributed by atoms with Gasteiger partial charge in [0.25, 0.3) is 5.91 Å². The maximum Gasteiger partial charge on any atom is 0.269 e. The van der Waals surface area contributed by atoms with Crippen molar-refractivity contribution in [3.63, 3.8) is 0 Å². The van der Waals surface area contributed by atoms with E-state index in [2.05, 4.69) is 38.4 Å². The number of nitrogens with zero attached hydrogens (tertiary/aromatic N) is 1. The second-order valence-electron chi connectivity index (χ2n) is 3.30. The van der Waals surface area contributed by atoms with Crippen LogP contribution in [0.15, 0.2) is 48.7 Å². The first kappa shape index (κ1) is 11.8. The van der Waals surface area contributed by atoms with Gasteiger partial charge in [-0.15, -0.1) is 0 Å². The average Bonchev–Trinajstić information content (AvgIpc) is 2.37. The van der Waals surface area contributed by atoms with Gasteiger partial charge in [0, 0.05) is 15.3 Å². The fourth-order valence-corrected chi connectivity index (χ4v) is 1.80. The van der Waals surface area contributed by atoms with Gasteiger partial charge in [-0.25, -0.2) is 4.98 Å². The topological polar surface area (TPSA) is 54.0 Å². The summed E-state index contributed by atoms with van der Waals surface area (Å²) in [5, 5.41) is 0. The Hall–Kier alpha value is -1.63. The van der Waals surface area contributed by atoms with Crippen LogP contribution in [0, 0.1) is 3.57 Å². The normalized spacial score (nSPS) is 9.71. The molecule has 5 heteroatoms. The molecule has 1 aromatic heterocycles. The van der Waals surface area contributed by atoms with Crippen LogP contribution in [-0.4, -0.2) is 10.9 Å². The van der Waals surface area contributed by atoms with Crippen molar-refractivity contribution in [3.05, 3.63) is 57.8 Å². The number of nitrogens with one attached hydrogen (secondary N) is 2. The molecule has 17 heavy (non-hydrogen) atoms. The average molecular weight is 339 g/mol. The van der Waals surface area contributed by atoms with Gasteiger partial charge in [-0.05, 0) is 52.9 Å². The molecule has 0 aliphatic heterocycles.